The van der Waals surface area contributed by atoms with Crippen LogP contribution < -0.4 is 5.32 Å². The van der Waals surface area contributed by atoms with E-state index in [-0.39, 0.29) is 17.4 Å². The van der Waals surface area contributed by atoms with E-state index in [2.05, 4.69) is 21.2 Å². The first kappa shape index (κ1) is 12.6. The second kappa shape index (κ2) is 4.78. The molecule has 1 N–H and O–H groups in total. The van der Waals surface area contributed by atoms with Gasteiger partial charge in [0, 0.05) is 10.2 Å². The predicted molar refractivity (Wildman–Crippen MR) is 69.5 cm³/mol. The minimum atomic E-state index is -3.01. The molecule has 1 heterocycles. The maximum Gasteiger partial charge on any atom is 0.228 e. The second-order valence-corrected chi connectivity index (χ2v) is 7.24. The molecular weight excluding hydrogens is 306 g/mol. The summed E-state index contributed by atoms with van der Waals surface area (Å²) in [5.41, 5.74) is 0.683. The molecule has 0 saturated carbocycles. The van der Waals surface area contributed by atoms with Gasteiger partial charge in [-0.1, -0.05) is 15.9 Å². The molecule has 4 nitrogen and oxygen atoms in total. The summed E-state index contributed by atoms with van der Waals surface area (Å²) in [7, 11) is -3.01. The summed E-state index contributed by atoms with van der Waals surface area (Å²) in [6.45, 7) is 0. The lowest BCUT2D eigenvalue weighted by atomic mass is 10.1. The number of carbonyl (C=O) groups excluding carboxylic acids is 1. The summed E-state index contributed by atoms with van der Waals surface area (Å²) in [6, 6.07) is 7.18. The SMILES string of the molecule is O=C(Nc1ccc(Br)cc1)C1CCS(=O)(=O)C1. The molecule has 1 aliphatic rings. The second-order valence-electron chi connectivity index (χ2n) is 4.10. The van der Waals surface area contributed by atoms with Crippen molar-refractivity contribution in [3.05, 3.63) is 28.7 Å². The van der Waals surface area contributed by atoms with Crippen LogP contribution in [0.2, 0.25) is 0 Å². The van der Waals surface area contributed by atoms with Gasteiger partial charge in [-0.15, -0.1) is 0 Å². The van der Waals surface area contributed by atoms with E-state index in [1.807, 2.05) is 12.1 Å². The summed E-state index contributed by atoms with van der Waals surface area (Å²) in [6.07, 6.45) is 0.421. The molecule has 1 atom stereocenters. The van der Waals surface area contributed by atoms with Crippen molar-refractivity contribution >= 4 is 37.4 Å². The Morgan fingerprint density at radius 1 is 1.29 bits per heavy atom. The summed E-state index contributed by atoms with van der Waals surface area (Å²) in [5, 5.41) is 2.72. The van der Waals surface area contributed by atoms with Gasteiger partial charge in [0.05, 0.1) is 17.4 Å². The first-order chi connectivity index (χ1) is 7.96. The number of benzene rings is 1. The molecule has 2 rings (SSSR count). The van der Waals surface area contributed by atoms with Gasteiger partial charge in [-0.05, 0) is 30.7 Å². The van der Waals surface area contributed by atoms with Crippen molar-refractivity contribution in [2.24, 2.45) is 5.92 Å². The molecule has 1 unspecified atom stereocenters. The highest BCUT2D eigenvalue weighted by molar-refractivity contribution is 9.10. The molecule has 6 heteroatoms. The van der Waals surface area contributed by atoms with Crippen LogP contribution in [0.1, 0.15) is 6.42 Å². The van der Waals surface area contributed by atoms with Crippen LogP contribution in [-0.2, 0) is 14.6 Å². The Balaban J connectivity index is 2.01. The van der Waals surface area contributed by atoms with Crippen molar-refractivity contribution in [2.45, 2.75) is 6.42 Å². The van der Waals surface area contributed by atoms with Gasteiger partial charge in [-0.2, -0.15) is 0 Å². The van der Waals surface area contributed by atoms with Crippen LogP contribution in [0.5, 0.6) is 0 Å². The van der Waals surface area contributed by atoms with Gasteiger partial charge in [0.15, 0.2) is 9.84 Å². The first-order valence-electron chi connectivity index (χ1n) is 5.23. The zero-order valence-electron chi connectivity index (χ0n) is 9.02. The Morgan fingerprint density at radius 3 is 2.47 bits per heavy atom. The number of amides is 1. The van der Waals surface area contributed by atoms with E-state index in [4.69, 9.17) is 0 Å². The fourth-order valence-corrected chi connectivity index (χ4v) is 3.79. The molecule has 1 aliphatic heterocycles. The van der Waals surface area contributed by atoms with Crippen LogP contribution in [0.25, 0.3) is 0 Å². The molecule has 92 valence electrons. The normalized spacial score (nSPS) is 22.3. The molecule has 0 aliphatic carbocycles. The average molecular weight is 318 g/mol. The van der Waals surface area contributed by atoms with E-state index >= 15 is 0 Å². The quantitative estimate of drug-likeness (QED) is 0.905. The topological polar surface area (TPSA) is 63.2 Å². The Bertz CT molecular complexity index is 524. The van der Waals surface area contributed by atoms with Crippen molar-refractivity contribution < 1.29 is 13.2 Å². The summed E-state index contributed by atoms with van der Waals surface area (Å²) in [5.74, 6) is -0.544. The van der Waals surface area contributed by atoms with Crippen molar-refractivity contribution in [1.82, 2.24) is 0 Å². The van der Waals surface area contributed by atoms with Gasteiger partial charge in [0.1, 0.15) is 0 Å². The predicted octanol–water partition coefficient (Wildman–Crippen LogP) is 1.82. The molecule has 0 aromatic heterocycles. The van der Waals surface area contributed by atoms with Gasteiger partial charge in [-0.25, -0.2) is 8.42 Å². The third-order valence-electron chi connectivity index (χ3n) is 2.71. The lowest BCUT2D eigenvalue weighted by Gasteiger charge is -2.09. The zero-order chi connectivity index (χ0) is 12.5. The summed E-state index contributed by atoms with van der Waals surface area (Å²) < 4.78 is 23.4. The van der Waals surface area contributed by atoms with Crippen molar-refractivity contribution in [2.75, 3.05) is 16.8 Å². The highest BCUT2D eigenvalue weighted by atomic mass is 79.9. The molecule has 1 aromatic rings. The lowest BCUT2D eigenvalue weighted by Crippen LogP contribution is -2.23. The van der Waals surface area contributed by atoms with E-state index in [9.17, 15) is 13.2 Å². The minimum absolute atomic E-state index is 0.0324. The van der Waals surface area contributed by atoms with Gasteiger partial charge in [-0.3, -0.25) is 4.79 Å². The monoisotopic (exact) mass is 317 g/mol. The van der Waals surface area contributed by atoms with Crippen LogP contribution in [0.3, 0.4) is 0 Å². The summed E-state index contributed by atoms with van der Waals surface area (Å²) >= 11 is 3.30. The highest BCUT2D eigenvalue weighted by Crippen LogP contribution is 2.21. The molecule has 17 heavy (non-hydrogen) atoms. The van der Waals surface area contributed by atoms with E-state index in [1.54, 1.807) is 12.1 Å². The fraction of sp³-hybridized carbons (Fsp3) is 0.364. The van der Waals surface area contributed by atoms with E-state index in [0.717, 1.165) is 4.47 Å². The van der Waals surface area contributed by atoms with Crippen LogP contribution >= 0.6 is 15.9 Å². The number of sulfone groups is 1. The van der Waals surface area contributed by atoms with Crippen LogP contribution in [0.4, 0.5) is 5.69 Å². The number of nitrogens with one attached hydrogen (secondary N) is 1. The number of hydrogen-bond acceptors (Lipinski definition) is 3. The maximum atomic E-state index is 11.8. The number of rotatable bonds is 2. The van der Waals surface area contributed by atoms with Crippen LogP contribution in [0.15, 0.2) is 28.7 Å². The zero-order valence-corrected chi connectivity index (χ0v) is 11.4. The molecular formula is C11H12BrNO3S. The Labute approximate surface area is 108 Å². The van der Waals surface area contributed by atoms with Crippen LogP contribution in [-0.4, -0.2) is 25.8 Å². The van der Waals surface area contributed by atoms with Crippen molar-refractivity contribution in [3.8, 4) is 0 Å². The Kier molecular flexibility index (Phi) is 3.53. The Hall–Kier alpha value is -0.880. The fourth-order valence-electron chi connectivity index (χ4n) is 1.78. The van der Waals surface area contributed by atoms with Gasteiger partial charge in [0.2, 0.25) is 5.91 Å². The van der Waals surface area contributed by atoms with Crippen molar-refractivity contribution in [3.63, 3.8) is 0 Å². The molecule has 1 saturated heterocycles. The average Bonchev–Trinajstić information content (AvgIpc) is 2.62. The number of anilines is 1. The van der Waals surface area contributed by atoms with Gasteiger partial charge in [0.25, 0.3) is 0 Å². The largest absolute Gasteiger partial charge is 0.326 e. The molecule has 1 amide bonds. The molecule has 0 spiro atoms. The molecule has 1 fully saturated rings. The summed E-state index contributed by atoms with van der Waals surface area (Å²) in [4.78, 5) is 11.8. The Morgan fingerprint density at radius 2 is 1.94 bits per heavy atom. The van der Waals surface area contributed by atoms with Crippen molar-refractivity contribution in [1.29, 1.82) is 0 Å². The highest BCUT2D eigenvalue weighted by Gasteiger charge is 2.32. The third-order valence-corrected chi connectivity index (χ3v) is 5.01. The number of carbonyl (C=O) groups is 1. The third kappa shape index (κ3) is 3.29. The van der Waals surface area contributed by atoms with E-state index in [1.165, 1.54) is 0 Å². The van der Waals surface area contributed by atoms with E-state index < -0.39 is 15.8 Å². The first-order valence-corrected chi connectivity index (χ1v) is 7.84. The molecule has 1 aromatic carbocycles. The number of hydrogen-bond donors (Lipinski definition) is 1. The molecule has 0 bridgehead atoms. The van der Waals surface area contributed by atoms with Gasteiger partial charge < -0.3 is 5.32 Å². The van der Waals surface area contributed by atoms with Gasteiger partial charge >= 0.3 is 0 Å². The minimum Gasteiger partial charge on any atom is -0.326 e. The smallest absolute Gasteiger partial charge is 0.228 e. The maximum absolute atomic E-state index is 11.8. The van der Waals surface area contributed by atoms with Crippen LogP contribution in [0, 0.1) is 5.92 Å². The van der Waals surface area contributed by atoms with E-state index in [0.29, 0.717) is 12.1 Å². The molecule has 0 radical (unpaired) electrons. The number of halogens is 1. The standard InChI is InChI=1S/C11H12BrNO3S/c12-9-1-3-10(4-2-9)13-11(14)8-5-6-17(15,16)7-8/h1-4,8H,5-7H2,(H,13,14). The lowest BCUT2D eigenvalue weighted by molar-refractivity contribution is -0.119.